The van der Waals surface area contributed by atoms with Gasteiger partial charge in [0.1, 0.15) is 24.5 Å². The van der Waals surface area contributed by atoms with E-state index < -0.39 is 24.5 Å². The van der Waals surface area contributed by atoms with Gasteiger partial charge in [0.15, 0.2) is 0 Å². The summed E-state index contributed by atoms with van der Waals surface area (Å²) in [7, 11) is 3.93. The summed E-state index contributed by atoms with van der Waals surface area (Å²) >= 11 is 0. The lowest BCUT2D eigenvalue weighted by Gasteiger charge is -2.43. The van der Waals surface area contributed by atoms with Crippen molar-refractivity contribution in [1.29, 1.82) is 0 Å². The van der Waals surface area contributed by atoms with Gasteiger partial charge in [0.2, 0.25) is 0 Å². The minimum atomic E-state index is -0.957. The number of nitrogens with one attached hydrogen (secondary N) is 2. The average Bonchev–Trinajstić information content (AvgIpc) is 3.09. The Bertz CT molecular complexity index is 431. The fraction of sp³-hybridized carbons (Fsp3) is 1.00. The maximum Gasteiger partial charge on any atom is 0.142 e. The molecule has 0 aromatic carbocycles. The average molecular weight is 345 g/mol. The number of ether oxygens (including phenoxy) is 1. The summed E-state index contributed by atoms with van der Waals surface area (Å²) in [4.78, 5) is 6.17. The van der Waals surface area contributed by atoms with E-state index in [2.05, 4.69) is 15.5 Å². The van der Waals surface area contributed by atoms with Crippen LogP contribution in [0.5, 0.6) is 0 Å². The maximum atomic E-state index is 10.5. The van der Waals surface area contributed by atoms with Crippen molar-refractivity contribution in [3.8, 4) is 0 Å². The second kappa shape index (κ2) is 7.46. The van der Waals surface area contributed by atoms with Crippen LogP contribution in [-0.4, -0.2) is 115 Å². The Kier molecular flexibility index (Phi) is 5.72. The van der Waals surface area contributed by atoms with E-state index >= 15 is 0 Å². The van der Waals surface area contributed by atoms with Gasteiger partial charge in [-0.05, 0) is 14.1 Å². The molecule has 8 N–H and O–H groups in total. The third-order valence-corrected chi connectivity index (χ3v) is 5.25. The molecule has 3 unspecified atom stereocenters. The fourth-order valence-corrected chi connectivity index (χ4v) is 3.94. The molecule has 0 aromatic heterocycles. The highest BCUT2D eigenvalue weighted by atomic mass is 16.6. The van der Waals surface area contributed by atoms with E-state index in [1.165, 1.54) is 0 Å². The lowest BCUT2D eigenvalue weighted by Crippen LogP contribution is -2.68. The molecule has 0 saturated carbocycles. The van der Waals surface area contributed by atoms with Gasteiger partial charge in [-0.15, -0.1) is 0 Å². The zero-order valence-corrected chi connectivity index (χ0v) is 14.4. The number of aliphatic hydroxyl groups excluding tert-OH is 2. The minimum Gasteiger partial charge on any atom is -0.387 e. The van der Waals surface area contributed by atoms with Gasteiger partial charge in [-0.1, -0.05) is 0 Å². The molecule has 10 nitrogen and oxygen atoms in total. The molecule has 0 aromatic rings. The van der Waals surface area contributed by atoms with E-state index in [1.54, 1.807) is 0 Å². The first-order chi connectivity index (χ1) is 11.4. The maximum absolute atomic E-state index is 10.5. The molecule has 3 saturated heterocycles. The molecular weight excluding hydrogens is 314 g/mol. The SMILES string of the molecule is CN(CCN)C[C@H]1O[C@@H](N2CNC3C(N)NCN(C)C32)[C@H](O)[C@@H]1O. The van der Waals surface area contributed by atoms with Crippen molar-refractivity contribution in [3.05, 3.63) is 0 Å². The Morgan fingerprint density at radius 3 is 2.71 bits per heavy atom. The molecule has 3 rings (SSSR count). The number of hydrogen-bond acceptors (Lipinski definition) is 10. The zero-order chi connectivity index (χ0) is 17.4. The van der Waals surface area contributed by atoms with Crippen LogP contribution in [0.25, 0.3) is 0 Å². The van der Waals surface area contributed by atoms with Crippen LogP contribution < -0.4 is 22.1 Å². The summed E-state index contributed by atoms with van der Waals surface area (Å²) < 4.78 is 6.04. The van der Waals surface area contributed by atoms with E-state index in [9.17, 15) is 10.2 Å². The van der Waals surface area contributed by atoms with Crippen molar-refractivity contribution in [2.45, 2.75) is 42.9 Å². The number of nitrogens with zero attached hydrogens (tertiary/aromatic N) is 3. The smallest absolute Gasteiger partial charge is 0.142 e. The number of aliphatic hydroxyl groups is 2. The van der Waals surface area contributed by atoms with Crippen molar-refractivity contribution in [2.24, 2.45) is 11.5 Å². The van der Waals surface area contributed by atoms with Crippen LogP contribution in [0, 0.1) is 0 Å². The molecule has 140 valence electrons. The molecule has 3 aliphatic heterocycles. The minimum absolute atomic E-state index is 0.00798. The molecule has 0 aliphatic carbocycles. The largest absolute Gasteiger partial charge is 0.387 e. The first-order valence-electron chi connectivity index (χ1n) is 8.52. The molecule has 0 amide bonds. The van der Waals surface area contributed by atoms with Gasteiger partial charge in [-0.2, -0.15) is 0 Å². The van der Waals surface area contributed by atoms with Crippen LogP contribution in [0.4, 0.5) is 0 Å². The predicted molar refractivity (Wildman–Crippen MR) is 88.4 cm³/mol. The summed E-state index contributed by atoms with van der Waals surface area (Å²) in [5, 5.41) is 27.5. The van der Waals surface area contributed by atoms with Gasteiger partial charge in [0.25, 0.3) is 0 Å². The first-order valence-corrected chi connectivity index (χ1v) is 8.52. The molecule has 7 atom stereocenters. The van der Waals surface area contributed by atoms with Gasteiger partial charge in [0.05, 0.1) is 31.7 Å². The number of likely N-dealkylation sites (N-methyl/N-ethyl adjacent to an activating group) is 2. The molecule has 10 heteroatoms. The Hall–Kier alpha value is -0.400. The number of nitrogens with two attached hydrogens (primary N) is 2. The van der Waals surface area contributed by atoms with Crippen molar-refractivity contribution in [3.63, 3.8) is 0 Å². The molecule has 3 fully saturated rings. The Balaban J connectivity index is 1.68. The van der Waals surface area contributed by atoms with E-state index in [1.807, 2.05) is 23.9 Å². The highest BCUT2D eigenvalue weighted by Crippen LogP contribution is 2.30. The van der Waals surface area contributed by atoms with Crippen LogP contribution in [0.2, 0.25) is 0 Å². The van der Waals surface area contributed by atoms with Crippen molar-refractivity contribution < 1.29 is 14.9 Å². The third kappa shape index (κ3) is 3.31. The number of rotatable bonds is 5. The van der Waals surface area contributed by atoms with Gasteiger partial charge in [0, 0.05) is 19.6 Å². The van der Waals surface area contributed by atoms with Crippen molar-refractivity contribution in [1.82, 2.24) is 25.3 Å². The fourth-order valence-electron chi connectivity index (χ4n) is 3.94. The van der Waals surface area contributed by atoms with E-state index in [-0.39, 0.29) is 18.4 Å². The summed E-state index contributed by atoms with van der Waals surface area (Å²) in [6.07, 6.45) is -3.04. The highest BCUT2D eigenvalue weighted by Gasteiger charge is 2.52. The second-order valence-electron chi connectivity index (χ2n) is 7.06. The Morgan fingerprint density at radius 1 is 1.25 bits per heavy atom. The van der Waals surface area contributed by atoms with Crippen LogP contribution in [-0.2, 0) is 4.74 Å². The zero-order valence-electron chi connectivity index (χ0n) is 14.4. The van der Waals surface area contributed by atoms with Crippen LogP contribution in [0.15, 0.2) is 0 Å². The van der Waals surface area contributed by atoms with Crippen LogP contribution in [0.1, 0.15) is 0 Å². The predicted octanol–water partition coefficient (Wildman–Crippen LogP) is -4.34. The third-order valence-electron chi connectivity index (χ3n) is 5.25. The van der Waals surface area contributed by atoms with E-state index in [0.717, 1.165) is 0 Å². The summed E-state index contributed by atoms with van der Waals surface area (Å²) in [5.41, 5.74) is 11.7. The molecule has 3 heterocycles. The highest BCUT2D eigenvalue weighted by molar-refractivity contribution is 5.02. The lowest BCUT2D eigenvalue weighted by molar-refractivity contribution is -0.126. The molecule has 24 heavy (non-hydrogen) atoms. The van der Waals surface area contributed by atoms with Gasteiger partial charge in [-0.25, -0.2) is 4.90 Å². The van der Waals surface area contributed by atoms with Crippen LogP contribution >= 0.6 is 0 Å². The van der Waals surface area contributed by atoms with E-state index in [4.69, 9.17) is 16.2 Å². The van der Waals surface area contributed by atoms with Crippen molar-refractivity contribution >= 4 is 0 Å². The molecule has 3 aliphatic rings. The number of fused-ring (bicyclic) bond motifs is 1. The van der Waals surface area contributed by atoms with Crippen molar-refractivity contribution in [2.75, 3.05) is 47.1 Å². The number of hydrogen-bond donors (Lipinski definition) is 6. The van der Waals surface area contributed by atoms with Gasteiger partial charge >= 0.3 is 0 Å². The van der Waals surface area contributed by atoms with Crippen LogP contribution in [0.3, 0.4) is 0 Å². The topological polar surface area (TPSA) is 136 Å². The Morgan fingerprint density at radius 2 is 2.00 bits per heavy atom. The van der Waals surface area contributed by atoms with Gasteiger partial charge < -0.3 is 31.3 Å². The molecular formula is C14H31N7O3. The lowest BCUT2D eigenvalue weighted by atomic mass is 10.1. The molecule has 0 bridgehead atoms. The quantitative estimate of drug-likeness (QED) is 0.290. The summed E-state index contributed by atoms with van der Waals surface area (Å²) in [5.74, 6) is 0. The second-order valence-corrected chi connectivity index (χ2v) is 7.06. The molecule has 0 spiro atoms. The van der Waals surface area contributed by atoms with Gasteiger partial charge in [-0.3, -0.25) is 15.5 Å². The standard InChI is InChI=1S/C14H31N7O3/c1-19(4-3-15)5-8-10(22)11(23)14(24-8)21-7-17-9-12(16)18-6-20(2)13(9)21/h8-14,17-18,22-23H,3-7,15-16H2,1-2H3/t8-,9?,10-,11-,12?,13?,14-/m1/s1. The summed E-state index contributed by atoms with van der Waals surface area (Å²) in [6, 6.07) is 0.0376. The molecule has 0 radical (unpaired) electrons. The Labute approximate surface area is 142 Å². The first kappa shape index (κ1) is 18.4. The van der Waals surface area contributed by atoms with E-state index in [0.29, 0.717) is 33.0 Å². The summed E-state index contributed by atoms with van der Waals surface area (Å²) in [6.45, 7) is 2.99. The normalized spacial score (nSPS) is 44.4. The monoisotopic (exact) mass is 345 g/mol.